The third-order valence-corrected chi connectivity index (χ3v) is 8.42. The fourth-order valence-corrected chi connectivity index (χ4v) is 5.34. The zero-order chi connectivity index (χ0) is 38.5. The number of nitrogens with zero attached hydrogens (tertiary/aromatic N) is 2. The Labute approximate surface area is 311 Å². The lowest BCUT2D eigenvalue weighted by Crippen LogP contribution is -2.45. The van der Waals surface area contributed by atoms with Gasteiger partial charge < -0.3 is 28.4 Å². The van der Waals surface area contributed by atoms with Crippen LogP contribution in [0.3, 0.4) is 0 Å². The van der Waals surface area contributed by atoms with Gasteiger partial charge in [-0.2, -0.15) is 0 Å². The second-order valence-corrected chi connectivity index (χ2v) is 12.1. The second-order valence-electron chi connectivity index (χ2n) is 12.1. The quantitative estimate of drug-likeness (QED) is 0.0810. The van der Waals surface area contributed by atoms with Crippen molar-refractivity contribution >= 4 is 36.1 Å². The van der Waals surface area contributed by atoms with Crippen molar-refractivity contribution in [1.29, 1.82) is 0 Å². The number of methoxy groups -OCH3 is 2. The van der Waals surface area contributed by atoms with Crippen LogP contribution in [0, 0.1) is 11.8 Å². The van der Waals surface area contributed by atoms with E-state index in [-0.39, 0.29) is 25.9 Å². The maximum absolute atomic E-state index is 13.1. The lowest BCUT2D eigenvalue weighted by atomic mass is 9.74. The van der Waals surface area contributed by atoms with Crippen LogP contribution in [0.4, 0.5) is 9.59 Å². The number of carbonyl (C=O) groups is 6. The molecule has 4 aromatic rings. The van der Waals surface area contributed by atoms with Crippen LogP contribution in [-0.4, -0.2) is 73.2 Å². The van der Waals surface area contributed by atoms with Crippen molar-refractivity contribution in [3.05, 3.63) is 120 Å². The number of rotatable bonds is 14. The Bertz CT molecular complexity index is 1780. The molecule has 54 heavy (non-hydrogen) atoms. The molecule has 0 aliphatic heterocycles. The SMILES string of the molecule is COC(=O)CN(Cc1ccc(Oc2ccccc2)cc1)C(=O)OC(=O)C1CCC1C(=O)OC(=O)N(CC(=O)OC)Cc1ccc(Oc2ccccc2)cc1. The van der Waals surface area contributed by atoms with E-state index in [1.165, 1.54) is 0 Å². The Morgan fingerprint density at radius 2 is 0.833 bits per heavy atom. The molecule has 1 saturated carbocycles. The molecular formula is C40H38N2O12. The molecule has 280 valence electrons. The van der Waals surface area contributed by atoms with Gasteiger partial charge in [-0.25, -0.2) is 9.59 Å². The van der Waals surface area contributed by atoms with Crippen molar-refractivity contribution in [2.75, 3.05) is 27.3 Å². The monoisotopic (exact) mass is 738 g/mol. The summed E-state index contributed by atoms with van der Waals surface area (Å²) in [5, 5.41) is 0. The summed E-state index contributed by atoms with van der Waals surface area (Å²) in [4.78, 5) is 78.7. The minimum Gasteiger partial charge on any atom is -0.468 e. The van der Waals surface area contributed by atoms with Gasteiger partial charge in [-0.3, -0.25) is 29.0 Å². The average Bonchev–Trinajstić information content (AvgIpc) is 3.15. The van der Waals surface area contributed by atoms with Crippen molar-refractivity contribution in [1.82, 2.24) is 9.80 Å². The van der Waals surface area contributed by atoms with E-state index in [1.807, 2.05) is 36.4 Å². The van der Waals surface area contributed by atoms with Gasteiger partial charge in [0, 0.05) is 13.1 Å². The summed E-state index contributed by atoms with van der Waals surface area (Å²) in [5.41, 5.74) is 1.19. The standard InChI is InChI=1S/C40H38N2O12/c1-49-35(43)25-41(23-27-13-17-31(18-14-27)51-29-9-5-3-6-10-29)39(47)53-37(45)33-21-22-34(33)38(46)54-40(48)42(26-36(44)50-2)24-28-15-19-32(20-16-28)52-30-11-7-4-8-12-30/h3-20,33-34H,21-26H2,1-2H3. The van der Waals surface area contributed by atoms with Crippen LogP contribution in [0.15, 0.2) is 109 Å². The Kier molecular flexibility index (Phi) is 13.3. The molecule has 1 aliphatic rings. The number of carbonyl (C=O) groups excluding carboxylic acids is 6. The minimum absolute atomic E-state index is 0.115. The highest BCUT2D eigenvalue weighted by Gasteiger charge is 2.45. The summed E-state index contributed by atoms with van der Waals surface area (Å²) < 4.78 is 31.2. The molecule has 5 rings (SSSR count). The normalized spacial score (nSPS) is 14.3. The van der Waals surface area contributed by atoms with E-state index in [0.29, 0.717) is 34.1 Å². The number of para-hydroxylation sites is 2. The molecule has 14 heteroatoms. The van der Waals surface area contributed by atoms with Crippen molar-refractivity contribution < 1.29 is 57.2 Å². The number of hydrogen-bond donors (Lipinski definition) is 0. The van der Waals surface area contributed by atoms with Crippen LogP contribution in [0.5, 0.6) is 23.0 Å². The maximum Gasteiger partial charge on any atom is 0.418 e. The van der Waals surface area contributed by atoms with Gasteiger partial charge in [0.15, 0.2) is 0 Å². The summed E-state index contributed by atoms with van der Waals surface area (Å²) in [5.74, 6) is -3.36. The Balaban J connectivity index is 1.17. The largest absolute Gasteiger partial charge is 0.468 e. The predicted molar refractivity (Wildman–Crippen MR) is 190 cm³/mol. The lowest BCUT2D eigenvalue weighted by molar-refractivity contribution is -0.162. The first kappa shape index (κ1) is 38.5. The van der Waals surface area contributed by atoms with Gasteiger partial charge in [-0.05, 0) is 72.5 Å². The summed E-state index contributed by atoms with van der Waals surface area (Å²) in [6, 6.07) is 31.8. The van der Waals surface area contributed by atoms with E-state index in [9.17, 15) is 28.8 Å². The molecule has 0 bridgehead atoms. The Morgan fingerprint density at radius 3 is 1.15 bits per heavy atom. The van der Waals surface area contributed by atoms with Gasteiger partial charge in [0.25, 0.3) is 0 Å². The summed E-state index contributed by atoms with van der Waals surface area (Å²) in [6.07, 6.45) is -1.89. The Morgan fingerprint density at radius 1 is 0.500 bits per heavy atom. The molecule has 0 spiro atoms. The molecular weight excluding hydrogens is 700 g/mol. The van der Waals surface area contributed by atoms with Gasteiger partial charge in [-0.15, -0.1) is 0 Å². The van der Waals surface area contributed by atoms with Gasteiger partial charge >= 0.3 is 36.1 Å². The fraction of sp³-hybridized carbons (Fsp3) is 0.250. The number of esters is 4. The van der Waals surface area contributed by atoms with Crippen LogP contribution in [0.25, 0.3) is 0 Å². The van der Waals surface area contributed by atoms with Gasteiger partial charge in [0.1, 0.15) is 36.1 Å². The molecule has 0 saturated heterocycles. The van der Waals surface area contributed by atoms with E-state index >= 15 is 0 Å². The average molecular weight is 739 g/mol. The summed E-state index contributed by atoms with van der Waals surface area (Å²) in [7, 11) is 2.31. The molecule has 4 aromatic carbocycles. The Hall–Kier alpha value is -6.70. The number of benzene rings is 4. The maximum atomic E-state index is 13.1. The molecule has 1 fully saturated rings. The first-order valence-corrected chi connectivity index (χ1v) is 16.9. The minimum atomic E-state index is -1.13. The van der Waals surface area contributed by atoms with E-state index in [4.69, 9.17) is 28.4 Å². The molecule has 14 nitrogen and oxygen atoms in total. The second kappa shape index (κ2) is 18.7. The molecule has 0 N–H and O–H groups in total. The van der Waals surface area contributed by atoms with E-state index in [2.05, 4.69) is 0 Å². The fourth-order valence-electron chi connectivity index (χ4n) is 5.34. The van der Waals surface area contributed by atoms with Crippen LogP contribution < -0.4 is 9.47 Å². The smallest absolute Gasteiger partial charge is 0.418 e. The molecule has 0 radical (unpaired) electrons. The highest BCUT2D eigenvalue weighted by Crippen LogP contribution is 2.37. The number of hydrogen-bond acceptors (Lipinski definition) is 12. The van der Waals surface area contributed by atoms with Gasteiger partial charge in [-0.1, -0.05) is 60.7 Å². The first-order chi connectivity index (χ1) is 26.1. The molecule has 2 atom stereocenters. The molecule has 0 heterocycles. The molecule has 1 aliphatic carbocycles. The molecule has 0 aromatic heterocycles. The van der Waals surface area contributed by atoms with Crippen LogP contribution in [0.1, 0.15) is 24.0 Å². The molecule has 2 unspecified atom stereocenters. The highest BCUT2D eigenvalue weighted by molar-refractivity contribution is 5.94. The zero-order valence-corrected chi connectivity index (χ0v) is 29.6. The summed E-state index contributed by atoms with van der Waals surface area (Å²) in [6.45, 7) is -1.27. The number of amides is 2. The highest BCUT2D eigenvalue weighted by atomic mass is 16.6. The van der Waals surface area contributed by atoms with Crippen molar-refractivity contribution in [2.45, 2.75) is 25.9 Å². The zero-order valence-electron chi connectivity index (χ0n) is 29.6. The van der Waals surface area contributed by atoms with Crippen molar-refractivity contribution in [3.63, 3.8) is 0 Å². The number of ether oxygens (including phenoxy) is 6. The van der Waals surface area contributed by atoms with Crippen LogP contribution in [0.2, 0.25) is 0 Å². The van der Waals surface area contributed by atoms with E-state index in [0.717, 1.165) is 24.0 Å². The van der Waals surface area contributed by atoms with Crippen LogP contribution >= 0.6 is 0 Å². The third-order valence-electron chi connectivity index (χ3n) is 8.42. The first-order valence-electron chi connectivity index (χ1n) is 16.9. The van der Waals surface area contributed by atoms with Crippen molar-refractivity contribution in [2.24, 2.45) is 11.8 Å². The third kappa shape index (κ3) is 10.9. The van der Waals surface area contributed by atoms with Gasteiger partial charge in [0.2, 0.25) is 0 Å². The van der Waals surface area contributed by atoms with Gasteiger partial charge in [0.05, 0.1) is 26.1 Å². The van der Waals surface area contributed by atoms with E-state index < -0.39 is 61.0 Å². The summed E-state index contributed by atoms with van der Waals surface area (Å²) >= 11 is 0. The lowest BCUT2D eigenvalue weighted by Gasteiger charge is -2.33. The van der Waals surface area contributed by atoms with Crippen molar-refractivity contribution in [3.8, 4) is 23.0 Å². The van der Waals surface area contributed by atoms with E-state index in [1.54, 1.807) is 72.8 Å². The van der Waals surface area contributed by atoms with Crippen LogP contribution in [-0.2, 0) is 51.2 Å². The molecule has 2 amide bonds. The predicted octanol–water partition coefficient (Wildman–Crippen LogP) is 6.27. The topological polar surface area (TPSA) is 164 Å².